The highest BCUT2D eigenvalue weighted by molar-refractivity contribution is 6.09. The highest BCUT2D eigenvalue weighted by Crippen LogP contribution is 2.54. The van der Waals surface area contributed by atoms with Gasteiger partial charge in [-0.25, -0.2) is 0 Å². The number of benzene rings is 9. The van der Waals surface area contributed by atoms with E-state index in [1.54, 1.807) is 0 Å². The summed E-state index contributed by atoms with van der Waals surface area (Å²) >= 11 is 0. The predicted octanol–water partition coefficient (Wildman–Crippen LogP) is 17.9. The van der Waals surface area contributed by atoms with Crippen molar-refractivity contribution in [3.8, 4) is 55.6 Å². The molecule has 0 aromatic heterocycles. The van der Waals surface area contributed by atoms with E-state index < -0.39 is 0 Å². The summed E-state index contributed by atoms with van der Waals surface area (Å²) < 4.78 is 0. The Morgan fingerprint density at radius 2 is 0.828 bits per heavy atom. The molecule has 0 radical (unpaired) electrons. The van der Waals surface area contributed by atoms with Crippen LogP contribution in [0.1, 0.15) is 77.6 Å². The van der Waals surface area contributed by atoms with E-state index in [-0.39, 0.29) is 16.2 Å². The minimum absolute atomic E-state index is 0.00329. The van der Waals surface area contributed by atoms with Crippen molar-refractivity contribution in [2.45, 2.75) is 71.6 Å². The van der Waals surface area contributed by atoms with Crippen LogP contribution in [0.5, 0.6) is 0 Å². The van der Waals surface area contributed by atoms with Crippen LogP contribution in [0.25, 0.3) is 66.4 Å². The molecule has 64 heavy (non-hydrogen) atoms. The van der Waals surface area contributed by atoms with E-state index in [0.717, 1.165) is 17.1 Å². The van der Waals surface area contributed by atoms with Gasteiger partial charge in [-0.1, -0.05) is 231 Å². The zero-order valence-electron chi connectivity index (χ0n) is 38.5. The molecular formula is C63H57N. The van der Waals surface area contributed by atoms with Gasteiger partial charge in [0.2, 0.25) is 0 Å². The van der Waals surface area contributed by atoms with E-state index in [2.05, 4.69) is 260 Å². The molecule has 10 rings (SSSR count). The van der Waals surface area contributed by atoms with Gasteiger partial charge >= 0.3 is 0 Å². The van der Waals surface area contributed by atoms with E-state index in [0.29, 0.717) is 0 Å². The number of fused-ring (bicyclic) bond motifs is 4. The normalized spacial score (nSPS) is 13.1. The lowest BCUT2D eigenvalue weighted by Gasteiger charge is -2.31. The van der Waals surface area contributed by atoms with Gasteiger partial charge < -0.3 is 4.90 Å². The number of rotatable bonds is 7. The van der Waals surface area contributed by atoms with Crippen LogP contribution in [0.2, 0.25) is 0 Å². The summed E-state index contributed by atoms with van der Waals surface area (Å²) in [4.78, 5) is 2.50. The molecule has 0 saturated carbocycles. The second kappa shape index (κ2) is 15.7. The number of hydrogen-bond donors (Lipinski definition) is 0. The van der Waals surface area contributed by atoms with Crippen LogP contribution >= 0.6 is 0 Å². The minimum atomic E-state index is -0.109. The van der Waals surface area contributed by atoms with E-state index in [1.807, 2.05) is 0 Å². The summed E-state index contributed by atoms with van der Waals surface area (Å²) in [6, 6.07) is 74.7. The number of anilines is 3. The third kappa shape index (κ3) is 7.14. The molecule has 0 aliphatic heterocycles. The first kappa shape index (κ1) is 41.1. The fraction of sp³-hybridized carbons (Fsp3) is 0.175. The Morgan fingerprint density at radius 1 is 0.359 bits per heavy atom. The Labute approximate surface area is 380 Å². The summed E-state index contributed by atoms with van der Waals surface area (Å²) in [5.41, 5.74) is 21.1. The molecule has 0 atom stereocenters. The summed E-state index contributed by atoms with van der Waals surface area (Å²) in [5, 5.41) is 2.49. The van der Waals surface area contributed by atoms with Crippen molar-refractivity contribution in [2.75, 3.05) is 4.90 Å². The number of para-hydroxylation sites is 2. The minimum Gasteiger partial charge on any atom is -0.309 e. The van der Waals surface area contributed by atoms with Gasteiger partial charge in [-0.15, -0.1) is 0 Å². The van der Waals surface area contributed by atoms with E-state index >= 15 is 0 Å². The Bertz CT molecular complexity index is 3150. The van der Waals surface area contributed by atoms with E-state index in [9.17, 15) is 0 Å². The zero-order chi connectivity index (χ0) is 44.4. The van der Waals surface area contributed by atoms with Crippen molar-refractivity contribution in [2.24, 2.45) is 0 Å². The molecule has 0 N–H and O–H groups in total. The number of nitrogens with zero attached hydrogens (tertiary/aromatic N) is 1. The molecule has 1 aliphatic rings. The first-order valence-electron chi connectivity index (χ1n) is 22.8. The zero-order valence-corrected chi connectivity index (χ0v) is 38.5. The Morgan fingerprint density at radius 3 is 1.45 bits per heavy atom. The average molecular weight is 828 g/mol. The summed E-state index contributed by atoms with van der Waals surface area (Å²) in [6.45, 7) is 18.7. The molecule has 1 aliphatic carbocycles. The maximum atomic E-state index is 2.50. The van der Waals surface area contributed by atoms with Crippen molar-refractivity contribution in [3.63, 3.8) is 0 Å². The van der Waals surface area contributed by atoms with Crippen LogP contribution in [0.15, 0.2) is 200 Å². The van der Waals surface area contributed by atoms with Gasteiger partial charge in [0.1, 0.15) is 0 Å². The van der Waals surface area contributed by atoms with Crippen LogP contribution in [-0.4, -0.2) is 0 Å². The highest BCUT2D eigenvalue weighted by Gasteiger charge is 2.37. The summed E-state index contributed by atoms with van der Waals surface area (Å²) in [7, 11) is 0. The SMILES string of the molecule is CC(C)(C)c1cc(-c2cccc3cccc(-c4ccccc4N(c4ccc(-c5ccccc5)cc4)c4ccccc4-c4cccc5c4-c4ccccc4C5(C)C)c23)cc(C(C)(C)C)c1. The van der Waals surface area contributed by atoms with Gasteiger partial charge in [-0.05, 0) is 113 Å². The van der Waals surface area contributed by atoms with Gasteiger partial charge in [-0.2, -0.15) is 0 Å². The Balaban J connectivity index is 1.23. The largest absolute Gasteiger partial charge is 0.309 e. The Kier molecular flexibility index (Phi) is 10.1. The molecule has 0 saturated heterocycles. The van der Waals surface area contributed by atoms with Gasteiger partial charge in [-0.3, -0.25) is 0 Å². The van der Waals surface area contributed by atoms with Gasteiger partial charge in [0.15, 0.2) is 0 Å². The maximum Gasteiger partial charge on any atom is 0.0540 e. The molecule has 1 heteroatoms. The average Bonchev–Trinajstić information content (AvgIpc) is 3.55. The molecule has 0 heterocycles. The van der Waals surface area contributed by atoms with Crippen LogP contribution in [-0.2, 0) is 16.2 Å². The van der Waals surface area contributed by atoms with Crippen molar-refractivity contribution in [3.05, 3.63) is 222 Å². The van der Waals surface area contributed by atoms with Crippen molar-refractivity contribution in [1.29, 1.82) is 0 Å². The van der Waals surface area contributed by atoms with E-state index in [1.165, 1.54) is 88.7 Å². The standard InChI is InChI=1S/C63H57N/c1-61(2,3)46-39-45(40-47(41-46)62(4,5)6)49-28-18-23-44-24-19-29-52(59(44)49)50-25-13-16-33-57(50)64(48-37-35-43(36-38-48)42-21-10-9-11-22-42)58-34-17-14-26-51(58)53-30-20-32-56-60(53)54-27-12-15-31-55(54)63(56,7)8/h9-41H,1-8H3. The van der Waals surface area contributed by atoms with Crippen LogP contribution in [0.3, 0.4) is 0 Å². The smallest absolute Gasteiger partial charge is 0.0540 e. The lowest BCUT2D eigenvalue weighted by atomic mass is 9.78. The van der Waals surface area contributed by atoms with Gasteiger partial charge in [0.25, 0.3) is 0 Å². The lowest BCUT2D eigenvalue weighted by Crippen LogP contribution is -2.16. The fourth-order valence-electron chi connectivity index (χ4n) is 10.1. The topological polar surface area (TPSA) is 3.24 Å². The second-order valence-corrected chi connectivity index (χ2v) is 20.2. The van der Waals surface area contributed by atoms with Crippen molar-refractivity contribution >= 4 is 27.8 Å². The van der Waals surface area contributed by atoms with Crippen molar-refractivity contribution < 1.29 is 0 Å². The molecule has 9 aromatic rings. The molecular weight excluding hydrogens is 771 g/mol. The first-order chi connectivity index (χ1) is 30.8. The van der Waals surface area contributed by atoms with Crippen molar-refractivity contribution in [1.82, 2.24) is 0 Å². The summed E-state index contributed by atoms with van der Waals surface area (Å²) in [6.07, 6.45) is 0. The molecule has 0 bridgehead atoms. The third-order valence-electron chi connectivity index (χ3n) is 13.6. The predicted molar refractivity (Wildman–Crippen MR) is 275 cm³/mol. The fourth-order valence-corrected chi connectivity index (χ4v) is 10.1. The molecule has 1 nitrogen and oxygen atoms in total. The van der Waals surface area contributed by atoms with Gasteiger partial charge in [0.05, 0.1) is 11.4 Å². The molecule has 0 unspecified atom stereocenters. The van der Waals surface area contributed by atoms with E-state index in [4.69, 9.17) is 0 Å². The second-order valence-electron chi connectivity index (χ2n) is 20.2. The Hall–Kier alpha value is -6.96. The third-order valence-corrected chi connectivity index (χ3v) is 13.6. The quantitative estimate of drug-likeness (QED) is 0.155. The molecule has 0 amide bonds. The van der Waals surface area contributed by atoms with Gasteiger partial charge in [0, 0.05) is 22.2 Å². The molecule has 314 valence electrons. The maximum absolute atomic E-state index is 2.50. The monoisotopic (exact) mass is 827 g/mol. The van der Waals surface area contributed by atoms with Crippen LogP contribution < -0.4 is 4.90 Å². The van der Waals surface area contributed by atoms with Crippen LogP contribution in [0, 0.1) is 0 Å². The highest BCUT2D eigenvalue weighted by atomic mass is 15.1. The molecule has 0 spiro atoms. The molecule has 9 aromatic carbocycles. The first-order valence-corrected chi connectivity index (χ1v) is 22.8. The summed E-state index contributed by atoms with van der Waals surface area (Å²) in [5.74, 6) is 0. The lowest BCUT2D eigenvalue weighted by molar-refractivity contribution is 0.569. The van der Waals surface area contributed by atoms with Crippen LogP contribution in [0.4, 0.5) is 17.1 Å². The molecule has 0 fully saturated rings. The number of hydrogen-bond acceptors (Lipinski definition) is 1.